The van der Waals surface area contributed by atoms with Crippen molar-refractivity contribution in [3.8, 4) is 11.5 Å². The number of phenols is 2. The third-order valence-corrected chi connectivity index (χ3v) is 3.47. The van der Waals surface area contributed by atoms with Gasteiger partial charge in [-0.1, -0.05) is 24.3 Å². The minimum atomic E-state index is -1.31. The quantitative estimate of drug-likeness (QED) is 0.535. The van der Waals surface area contributed by atoms with Crippen molar-refractivity contribution >= 4 is 11.9 Å². The van der Waals surface area contributed by atoms with Crippen LogP contribution in [0.25, 0.3) is 0 Å². The van der Waals surface area contributed by atoms with Gasteiger partial charge in [-0.15, -0.1) is 0 Å². The fourth-order valence-corrected chi connectivity index (χ4v) is 2.22. The Morgan fingerprint density at radius 1 is 1.04 bits per heavy atom. The van der Waals surface area contributed by atoms with E-state index < -0.39 is 24.0 Å². The third-order valence-electron chi connectivity index (χ3n) is 3.47. The van der Waals surface area contributed by atoms with Crippen LogP contribution in [0.4, 0.5) is 0 Å². The lowest BCUT2D eigenvalue weighted by atomic mass is 10.0. The van der Waals surface area contributed by atoms with Gasteiger partial charge in [-0.2, -0.15) is 0 Å². The van der Waals surface area contributed by atoms with Crippen LogP contribution in [0, 0.1) is 0 Å². The highest BCUT2D eigenvalue weighted by Gasteiger charge is 2.25. The molecule has 0 aliphatic rings. The van der Waals surface area contributed by atoms with Gasteiger partial charge in [-0.3, -0.25) is 4.79 Å². The first kappa shape index (κ1) is 17.3. The number of carbonyl (C=O) groups excluding carboxylic acids is 1. The van der Waals surface area contributed by atoms with Crippen LogP contribution >= 0.6 is 0 Å². The molecule has 7 nitrogen and oxygen atoms in total. The van der Waals surface area contributed by atoms with E-state index in [-0.39, 0.29) is 23.5 Å². The Bertz CT molecular complexity index is 730. The van der Waals surface area contributed by atoms with Crippen LogP contribution in [0.3, 0.4) is 0 Å². The summed E-state index contributed by atoms with van der Waals surface area (Å²) >= 11 is 0. The van der Waals surface area contributed by atoms with E-state index >= 15 is 0 Å². The lowest BCUT2D eigenvalue weighted by Gasteiger charge is -2.18. The zero-order valence-corrected chi connectivity index (χ0v) is 12.7. The molecule has 0 spiro atoms. The maximum Gasteiger partial charge on any atom is 0.330 e. The van der Waals surface area contributed by atoms with E-state index in [0.717, 1.165) is 5.56 Å². The smallest absolute Gasteiger partial charge is 0.330 e. The second kappa shape index (κ2) is 7.47. The molecule has 0 saturated heterocycles. The van der Waals surface area contributed by atoms with Gasteiger partial charge in [0.2, 0.25) is 5.91 Å². The summed E-state index contributed by atoms with van der Waals surface area (Å²) in [5.74, 6) is -1.88. The van der Waals surface area contributed by atoms with E-state index in [2.05, 4.69) is 5.32 Å². The minimum Gasteiger partial charge on any atom is -0.508 e. The number of benzene rings is 2. The number of phenolic OH excluding ortho intramolecular Hbond substituents is 2. The van der Waals surface area contributed by atoms with Crippen LogP contribution in [0.5, 0.6) is 11.5 Å². The lowest BCUT2D eigenvalue weighted by molar-refractivity contribution is -0.142. The minimum absolute atomic E-state index is 0.0959. The molecule has 2 rings (SSSR count). The number of carbonyl (C=O) groups is 2. The summed E-state index contributed by atoms with van der Waals surface area (Å²) in [7, 11) is 0. The summed E-state index contributed by atoms with van der Waals surface area (Å²) in [6.07, 6.45) is 0.193. The maximum absolute atomic E-state index is 12.2. The van der Waals surface area contributed by atoms with Crippen molar-refractivity contribution in [3.05, 3.63) is 59.7 Å². The Morgan fingerprint density at radius 2 is 1.71 bits per heavy atom. The third kappa shape index (κ3) is 4.47. The van der Waals surface area contributed by atoms with E-state index in [4.69, 9.17) is 5.73 Å². The van der Waals surface area contributed by atoms with Crippen LogP contribution in [0.2, 0.25) is 0 Å². The number of hydrogen-bond acceptors (Lipinski definition) is 5. The van der Waals surface area contributed by atoms with Crippen LogP contribution in [-0.4, -0.2) is 33.2 Å². The van der Waals surface area contributed by atoms with Gasteiger partial charge >= 0.3 is 5.97 Å². The van der Waals surface area contributed by atoms with Crippen LogP contribution in [0.15, 0.2) is 48.5 Å². The molecule has 0 bridgehead atoms. The van der Waals surface area contributed by atoms with Crippen molar-refractivity contribution in [3.63, 3.8) is 0 Å². The number of aromatic hydroxyl groups is 2. The van der Waals surface area contributed by atoms with Crippen LogP contribution < -0.4 is 11.1 Å². The molecule has 2 aromatic carbocycles. The van der Waals surface area contributed by atoms with Gasteiger partial charge in [0, 0.05) is 0 Å². The van der Waals surface area contributed by atoms with Gasteiger partial charge in [0.05, 0.1) is 6.04 Å². The van der Waals surface area contributed by atoms with Crippen molar-refractivity contribution < 1.29 is 24.9 Å². The fourth-order valence-electron chi connectivity index (χ4n) is 2.22. The molecule has 0 aliphatic carbocycles. The normalized spacial score (nSPS) is 13.0. The molecule has 0 heterocycles. The van der Waals surface area contributed by atoms with E-state index in [9.17, 15) is 24.9 Å². The molecule has 7 heteroatoms. The molecule has 2 atom stereocenters. The molecule has 24 heavy (non-hydrogen) atoms. The summed E-state index contributed by atoms with van der Waals surface area (Å²) in [5.41, 5.74) is 6.81. The number of amides is 1. The fraction of sp³-hybridized carbons (Fsp3) is 0.176. The highest BCUT2D eigenvalue weighted by Crippen LogP contribution is 2.19. The molecular formula is C17H18N2O5. The largest absolute Gasteiger partial charge is 0.508 e. The monoisotopic (exact) mass is 330 g/mol. The predicted octanol–water partition coefficient (Wildman–Crippen LogP) is 0.910. The zero-order chi connectivity index (χ0) is 17.7. The van der Waals surface area contributed by atoms with Crippen molar-refractivity contribution in [2.24, 2.45) is 5.73 Å². The van der Waals surface area contributed by atoms with Crippen LogP contribution in [-0.2, 0) is 16.0 Å². The van der Waals surface area contributed by atoms with E-state index in [1.165, 1.54) is 36.4 Å². The first-order chi connectivity index (χ1) is 11.4. The Hall–Kier alpha value is -3.06. The molecule has 0 saturated carbocycles. The summed E-state index contributed by atoms with van der Waals surface area (Å²) < 4.78 is 0. The molecule has 0 radical (unpaired) electrons. The average molecular weight is 330 g/mol. The Balaban J connectivity index is 2.07. The predicted molar refractivity (Wildman–Crippen MR) is 86.4 cm³/mol. The standard InChI is InChI=1S/C17H18N2O5/c18-14(8-10-4-6-12(20)7-5-10)16(22)19-15(17(23)24)11-2-1-3-13(21)9-11/h1-7,9,14-15,20-21H,8,18H2,(H,19,22)(H,23,24)/t14-,15+/m0/s1. The zero-order valence-electron chi connectivity index (χ0n) is 12.7. The molecule has 0 unspecified atom stereocenters. The summed E-state index contributed by atoms with van der Waals surface area (Å²) in [6.45, 7) is 0. The molecule has 1 amide bonds. The Kier molecular flexibility index (Phi) is 5.39. The second-order valence-electron chi connectivity index (χ2n) is 5.35. The lowest BCUT2D eigenvalue weighted by Crippen LogP contribution is -2.45. The summed E-state index contributed by atoms with van der Waals surface area (Å²) in [6, 6.07) is 9.61. The topological polar surface area (TPSA) is 133 Å². The maximum atomic E-state index is 12.2. The number of carboxylic acid groups (broad SMARTS) is 1. The van der Waals surface area contributed by atoms with E-state index in [0.29, 0.717) is 0 Å². The molecule has 2 aromatic rings. The second-order valence-corrected chi connectivity index (χ2v) is 5.35. The van der Waals surface area contributed by atoms with Gasteiger partial charge in [0.1, 0.15) is 11.5 Å². The number of aliphatic carboxylic acids is 1. The van der Waals surface area contributed by atoms with Crippen molar-refractivity contribution in [2.75, 3.05) is 0 Å². The van der Waals surface area contributed by atoms with E-state index in [1.807, 2.05) is 0 Å². The van der Waals surface area contributed by atoms with Gasteiger partial charge in [0.15, 0.2) is 6.04 Å². The Labute approximate surface area is 138 Å². The highest BCUT2D eigenvalue weighted by molar-refractivity contribution is 5.87. The molecule has 126 valence electrons. The van der Waals surface area contributed by atoms with E-state index in [1.54, 1.807) is 12.1 Å². The van der Waals surface area contributed by atoms with Crippen molar-refractivity contribution in [2.45, 2.75) is 18.5 Å². The molecule has 0 fully saturated rings. The van der Waals surface area contributed by atoms with Crippen molar-refractivity contribution in [1.82, 2.24) is 5.32 Å². The number of nitrogens with one attached hydrogen (secondary N) is 1. The van der Waals surface area contributed by atoms with Gasteiger partial charge < -0.3 is 26.4 Å². The number of nitrogens with two attached hydrogens (primary N) is 1. The molecule has 6 N–H and O–H groups in total. The van der Waals surface area contributed by atoms with Gasteiger partial charge in [-0.25, -0.2) is 4.79 Å². The van der Waals surface area contributed by atoms with Gasteiger partial charge in [0.25, 0.3) is 0 Å². The molecule has 0 aromatic heterocycles. The summed E-state index contributed by atoms with van der Waals surface area (Å²) in [4.78, 5) is 23.6. The molecular weight excluding hydrogens is 312 g/mol. The first-order valence-corrected chi connectivity index (χ1v) is 7.22. The number of rotatable bonds is 6. The van der Waals surface area contributed by atoms with Crippen molar-refractivity contribution in [1.29, 1.82) is 0 Å². The SMILES string of the molecule is N[C@@H](Cc1ccc(O)cc1)C(=O)N[C@@H](C(=O)O)c1cccc(O)c1. The number of carboxylic acids is 1. The highest BCUT2D eigenvalue weighted by atomic mass is 16.4. The van der Waals surface area contributed by atoms with Gasteiger partial charge in [-0.05, 0) is 41.8 Å². The first-order valence-electron chi connectivity index (χ1n) is 7.22. The average Bonchev–Trinajstić information content (AvgIpc) is 2.54. The Morgan fingerprint density at radius 3 is 2.29 bits per heavy atom. The van der Waals surface area contributed by atoms with Crippen LogP contribution in [0.1, 0.15) is 17.2 Å². The number of hydrogen-bond donors (Lipinski definition) is 5. The summed E-state index contributed by atoms with van der Waals surface area (Å²) in [5, 5.41) is 30.4. The molecule has 0 aliphatic heterocycles.